The number of ether oxygens (including phenoxy) is 2. The number of nitro groups is 1. The standard InChI is InChI=1S/C20H21NO5/c1-20(2,3)14-6-4-5-13(9-14)19(22)17-8-7-15(21(23)24)10-18(17)26-12-16-11-25-16/h4-10,16H,11-12H2,1-3H3. The van der Waals surface area contributed by atoms with Gasteiger partial charge in [0.25, 0.3) is 5.69 Å². The molecule has 0 radical (unpaired) electrons. The Morgan fingerprint density at radius 3 is 2.62 bits per heavy atom. The number of benzene rings is 2. The molecule has 0 aromatic heterocycles. The molecule has 1 saturated heterocycles. The first-order valence-electron chi connectivity index (χ1n) is 8.44. The second kappa shape index (κ2) is 6.88. The molecule has 26 heavy (non-hydrogen) atoms. The van der Waals surface area contributed by atoms with Crippen molar-refractivity contribution < 1.29 is 19.2 Å². The van der Waals surface area contributed by atoms with Crippen LogP contribution in [-0.2, 0) is 10.2 Å². The smallest absolute Gasteiger partial charge is 0.273 e. The van der Waals surface area contributed by atoms with E-state index in [9.17, 15) is 14.9 Å². The normalized spacial score (nSPS) is 16.2. The number of nitrogens with zero attached hydrogens (tertiary/aromatic N) is 1. The van der Waals surface area contributed by atoms with E-state index in [0.717, 1.165) is 5.56 Å². The maximum absolute atomic E-state index is 13.0. The predicted octanol–water partition coefficient (Wildman–Crippen LogP) is 3.90. The SMILES string of the molecule is CC(C)(C)c1cccc(C(=O)c2ccc([N+](=O)[O-])cc2OCC2CO2)c1. The summed E-state index contributed by atoms with van der Waals surface area (Å²) >= 11 is 0. The van der Waals surface area contributed by atoms with Gasteiger partial charge in [0.2, 0.25) is 0 Å². The number of hydrogen-bond acceptors (Lipinski definition) is 5. The van der Waals surface area contributed by atoms with Crippen LogP contribution in [0.25, 0.3) is 0 Å². The molecule has 2 aromatic carbocycles. The van der Waals surface area contributed by atoms with Crippen LogP contribution in [0.4, 0.5) is 5.69 Å². The Bertz CT molecular complexity index is 850. The number of non-ortho nitro benzene ring substituents is 1. The van der Waals surface area contributed by atoms with Gasteiger partial charge in [0.1, 0.15) is 18.5 Å². The van der Waals surface area contributed by atoms with Gasteiger partial charge < -0.3 is 9.47 Å². The minimum absolute atomic E-state index is 0.0126. The van der Waals surface area contributed by atoms with Gasteiger partial charge in [-0.15, -0.1) is 0 Å². The van der Waals surface area contributed by atoms with Crippen LogP contribution in [0.3, 0.4) is 0 Å². The highest BCUT2D eigenvalue weighted by Gasteiger charge is 2.26. The van der Waals surface area contributed by atoms with Gasteiger partial charge >= 0.3 is 0 Å². The molecule has 0 aliphatic carbocycles. The number of carbonyl (C=O) groups excluding carboxylic acids is 1. The number of epoxide rings is 1. The average molecular weight is 355 g/mol. The van der Waals surface area contributed by atoms with Crippen LogP contribution in [0.5, 0.6) is 5.75 Å². The summed E-state index contributed by atoms with van der Waals surface area (Å²) in [7, 11) is 0. The highest BCUT2D eigenvalue weighted by atomic mass is 16.6. The van der Waals surface area contributed by atoms with E-state index in [2.05, 4.69) is 20.8 Å². The van der Waals surface area contributed by atoms with E-state index in [-0.39, 0.29) is 35.3 Å². The summed E-state index contributed by atoms with van der Waals surface area (Å²) in [5, 5.41) is 11.1. The molecule has 1 atom stereocenters. The molecule has 0 spiro atoms. The lowest BCUT2D eigenvalue weighted by molar-refractivity contribution is -0.384. The molecule has 1 heterocycles. The van der Waals surface area contributed by atoms with Gasteiger partial charge in [-0.2, -0.15) is 0 Å². The van der Waals surface area contributed by atoms with Crippen LogP contribution >= 0.6 is 0 Å². The summed E-state index contributed by atoms with van der Waals surface area (Å²) in [6.45, 7) is 7.10. The van der Waals surface area contributed by atoms with E-state index >= 15 is 0 Å². The van der Waals surface area contributed by atoms with Crippen LogP contribution in [0.1, 0.15) is 42.3 Å². The van der Waals surface area contributed by atoms with Gasteiger partial charge in [0, 0.05) is 11.6 Å². The molecule has 1 fully saturated rings. The summed E-state index contributed by atoms with van der Waals surface area (Å²) in [4.78, 5) is 23.6. The first-order chi connectivity index (χ1) is 12.3. The van der Waals surface area contributed by atoms with Gasteiger partial charge in [0.15, 0.2) is 5.78 Å². The summed E-state index contributed by atoms with van der Waals surface area (Å²) < 4.78 is 10.7. The number of carbonyl (C=O) groups is 1. The monoisotopic (exact) mass is 355 g/mol. The van der Waals surface area contributed by atoms with Gasteiger partial charge in [-0.1, -0.05) is 39.0 Å². The second-order valence-corrected chi connectivity index (χ2v) is 7.36. The zero-order valence-corrected chi connectivity index (χ0v) is 15.0. The molecule has 1 aliphatic heterocycles. The van der Waals surface area contributed by atoms with Crippen LogP contribution < -0.4 is 4.74 Å². The quantitative estimate of drug-likeness (QED) is 0.340. The lowest BCUT2D eigenvalue weighted by atomic mass is 9.85. The lowest BCUT2D eigenvalue weighted by Crippen LogP contribution is -2.13. The summed E-state index contributed by atoms with van der Waals surface area (Å²) in [5.41, 5.74) is 1.67. The van der Waals surface area contributed by atoms with E-state index in [1.807, 2.05) is 18.2 Å². The lowest BCUT2D eigenvalue weighted by Gasteiger charge is -2.19. The van der Waals surface area contributed by atoms with Crippen molar-refractivity contribution in [2.24, 2.45) is 0 Å². The van der Waals surface area contributed by atoms with Crippen molar-refractivity contribution in [1.29, 1.82) is 0 Å². The first-order valence-corrected chi connectivity index (χ1v) is 8.44. The third kappa shape index (κ3) is 4.08. The fourth-order valence-electron chi connectivity index (χ4n) is 2.56. The predicted molar refractivity (Wildman–Crippen MR) is 96.9 cm³/mol. The van der Waals surface area contributed by atoms with E-state index in [1.54, 1.807) is 6.07 Å². The highest BCUT2D eigenvalue weighted by Crippen LogP contribution is 2.29. The minimum Gasteiger partial charge on any atom is -0.490 e. The Hall–Kier alpha value is -2.73. The number of ketones is 1. The van der Waals surface area contributed by atoms with Crippen molar-refractivity contribution in [2.75, 3.05) is 13.2 Å². The largest absolute Gasteiger partial charge is 0.490 e. The molecule has 3 rings (SSSR count). The van der Waals surface area contributed by atoms with Gasteiger partial charge in [-0.05, 0) is 23.1 Å². The zero-order valence-electron chi connectivity index (χ0n) is 15.0. The van der Waals surface area contributed by atoms with Crippen LogP contribution in [0.2, 0.25) is 0 Å². The molecule has 136 valence electrons. The van der Waals surface area contributed by atoms with E-state index in [4.69, 9.17) is 9.47 Å². The molecule has 0 saturated carbocycles. The third-order valence-electron chi connectivity index (χ3n) is 4.24. The molecule has 1 unspecified atom stereocenters. The molecule has 0 bridgehead atoms. The van der Waals surface area contributed by atoms with Crippen molar-refractivity contribution in [3.05, 3.63) is 69.3 Å². The maximum atomic E-state index is 13.0. The Balaban J connectivity index is 1.96. The molecule has 2 aromatic rings. The summed E-state index contributed by atoms with van der Waals surface area (Å²) in [5.74, 6) is -0.0152. The Morgan fingerprint density at radius 1 is 1.27 bits per heavy atom. The highest BCUT2D eigenvalue weighted by molar-refractivity contribution is 6.11. The molecular formula is C20H21NO5. The fraction of sp³-hybridized carbons (Fsp3) is 0.350. The maximum Gasteiger partial charge on any atom is 0.273 e. The molecule has 0 N–H and O–H groups in total. The topological polar surface area (TPSA) is 82.0 Å². The van der Waals surface area contributed by atoms with Crippen LogP contribution in [0.15, 0.2) is 42.5 Å². The Labute approximate surface area is 151 Å². The van der Waals surface area contributed by atoms with Crippen molar-refractivity contribution in [3.8, 4) is 5.75 Å². The van der Waals surface area contributed by atoms with Gasteiger partial charge in [-0.25, -0.2) is 0 Å². The third-order valence-corrected chi connectivity index (χ3v) is 4.24. The Morgan fingerprint density at radius 2 is 2.00 bits per heavy atom. The second-order valence-electron chi connectivity index (χ2n) is 7.36. The molecule has 1 aliphatic rings. The minimum atomic E-state index is -0.505. The molecular weight excluding hydrogens is 334 g/mol. The van der Waals surface area contributed by atoms with Crippen LogP contribution in [0, 0.1) is 10.1 Å². The Kier molecular flexibility index (Phi) is 4.78. The number of rotatable bonds is 6. The van der Waals surface area contributed by atoms with E-state index in [1.165, 1.54) is 18.2 Å². The van der Waals surface area contributed by atoms with Crippen LogP contribution in [-0.4, -0.2) is 30.0 Å². The first kappa shape index (κ1) is 18.1. The zero-order chi connectivity index (χ0) is 18.9. The van der Waals surface area contributed by atoms with E-state index < -0.39 is 4.92 Å². The molecule has 0 amide bonds. The molecule has 6 nitrogen and oxygen atoms in total. The van der Waals surface area contributed by atoms with Crippen molar-refractivity contribution in [2.45, 2.75) is 32.3 Å². The molecule has 6 heteroatoms. The number of hydrogen-bond donors (Lipinski definition) is 0. The number of nitro benzene ring substituents is 1. The van der Waals surface area contributed by atoms with Gasteiger partial charge in [-0.3, -0.25) is 14.9 Å². The van der Waals surface area contributed by atoms with Crippen molar-refractivity contribution in [3.63, 3.8) is 0 Å². The average Bonchev–Trinajstić information content (AvgIpc) is 3.43. The summed E-state index contributed by atoms with van der Waals surface area (Å²) in [6, 6.07) is 11.5. The van der Waals surface area contributed by atoms with Crippen molar-refractivity contribution in [1.82, 2.24) is 0 Å². The summed E-state index contributed by atoms with van der Waals surface area (Å²) in [6.07, 6.45) is -0.0126. The van der Waals surface area contributed by atoms with E-state index in [0.29, 0.717) is 17.7 Å². The van der Waals surface area contributed by atoms with Crippen molar-refractivity contribution >= 4 is 11.5 Å². The van der Waals surface area contributed by atoms with Gasteiger partial charge in [0.05, 0.1) is 23.2 Å². The fourth-order valence-corrected chi connectivity index (χ4v) is 2.56.